The monoisotopic (exact) mass is 265 g/mol. The van der Waals surface area contributed by atoms with E-state index in [9.17, 15) is 13.2 Å². The molecule has 1 aromatic rings. The molecule has 1 rings (SSSR count). The lowest BCUT2D eigenvalue weighted by Crippen LogP contribution is -2.17. The van der Waals surface area contributed by atoms with Gasteiger partial charge >= 0.3 is 6.36 Å². The second kappa shape index (κ2) is 5.93. The van der Waals surface area contributed by atoms with Gasteiger partial charge in [-0.1, -0.05) is 23.8 Å². The minimum Gasteiger partial charge on any atom is -0.406 e. The Kier molecular flexibility index (Phi) is 4.84. The van der Waals surface area contributed by atoms with Crippen LogP contribution in [0.3, 0.4) is 0 Å². The van der Waals surface area contributed by atoms with E-state index in [-0.39, 0.29) is 17.4 Å². The van der Waals surface area contributed by atoms with Crippen molar-refractivity contribution >= 4 is 17.7 Å². The maximum atomic E-state index is 11.9. The minimum absolute atomic E-state index is 0.159. The fraction of sp³-hybridized carbons (Fsp3) is 0.182. The van der Waals surface area contributed by atoms with Crippen molar-refractivity contribution < 1.29 is 22.6 Å². The van der Waals surface area contributed by atoms with Crippen LogP contribution in [0, 0.1) is 7.11 Å². The summed E-state index contributed by atoms with van der Waals surface area (Å²) in [5.74, 6) is -0.354. The fourth-order valence-corrected chi connectivity index (χ4v) is 1.32. The summed E-state index contributed by atoms with van der Waals surface area (Å²) in [5.41, 5.74) is 0.568. The van der Waals surface area contributed by atoms with Gasteiger partial charge in [0, 0.05) is 0 Å². The van der Waals surface area contributed by atoms with Gasteiger partial charge in [0.05, 0.1) is 18.7 Å². The lowest BCUT2D eigenvalue weighted by molar-refractivity contribution is -0.274. The van der Waals surface area contributed by atoms with E-state index in [0.29, 0.717) is 5.56 Å². The van der Waals surface area contributed by atoms with Crippen LogP contribution in [0.2, 0.25) is 5.02 Å². The number of hydrogen-bond acceptors (Lipinski definition) is 2. The quantitative estimate of drug-likeness (QED) is 0.817. The SMILES string of the molecule is [CH2]OCC=Cc1ccc(OC(F)(F)F)cc1Cl. The van der Waals surface area contributed by atoms with E-state index >= 15 is 0 Å². The van der Waals surface area contributed by atoms with Crippen molar-refractivity contribution in [2.45, 2.75) is 6.36 Å². The highest BCUT2D eigenvalue weighted by atomic mass is 35.5. The topological polar surface area (TPSA) is 18.5 Å². The summed E-state index contributed by atoms with van der Waals surface area (Å²) in [6.45, 7) is 0.289. The van der Waals surface area contributed by atoms with E-state index in [1.165, 1.54) is 12.1 Å². The molecule has 0 N–H and O–H groups in total. The molecule has 0 saturated carbocycles. The highest BCUT2D eigenvalue weighted by molar-refractivity contribution is 6.32. The lowest BCUT2D eigenvalue weighted by Gasteiger charge is -2.09. The maximum absolute atomic E-state index is 11.9. The van der Waals surface area contributed by atoms with Crippen molar-refractivity contribution in [3.63, 3.8) is 0 Å². The van der Waals surface area contributed by atoms with Crippen molar-refractivity contribution in [1.82, 2.24) is 0 Å². The van der Waals surface area contributed by atoms with Gasteiger partial charge in [-0.15, -0.1) is 13.2 Å². The summed E-state index contributed by atoms with van der Waals surface area (Å²) in [6.07, 6.45) is -1.47. The zero-order valence-corrected chi connectivity index (χ0v) is 9.39. The number of ether oxygens (including phenoxy) is 2. The first-order chi connectivity index (χ1) is 7.92. The van der Waals surface area contributed by atoms with E-state index in [1.807, 2.05) is 0 Å². The summed E-state index contributed by atoms with van der Waals surface area (Å²) in [7, 11) is 3.16. The predicted molar refractivity (Wildman–Crippen MR) is 58.5 cm³/mol. The van der Waals surface area contributed by atoms with Gasteiger partial charge in [0.15, 0.2) is 0 Å². The minimum atomic E-state index is -4.72. The van der Waals surface area contributed by atoms with Crippen molar-refractivity contribution in [1.29, 1.82) is 0 Å². The van der Waals surface area contributed by atoms with Gasteiger partial charge in [-0.05, 0) is 23.8 Å². The van der Waals surface area contributed by atoms with E-state index < -0.39 is 6.36 Å². The Hall–Kier alpha value is -1.20. The van der Waals surface area contributed by atoms with Crippen molar-refractivity contribution in [2.24, 2.45) is 0 Å². The number of rotatable bonds is 4. The van der Waals surface area contributed by atoms with Crippen LogP contribution in [0.25, 0.3) is 6.08 Å². The van der Waals surface area contributed by atoms with Gasteiger partial charge in [0.2, 0.25) is 0 Å². The van der Waals surface area contributed by atoms with Crippen LogP contribution in [0.4, 0.5) is 13.2 Å². The summed E-state index contributed by atoms with van der Waals surface area (Å²) in [4.78, 5) is 0. The largest absolute Gasteiger partial charge is 0.573 e. The van der Waals surface area contributed by atoms with Crippen LogP contribution in [0.1, 0.15) is 5.56 Å². The molecule has 1 aromatic carbocycles. The number of benzene rings is 1. The van der Waals surface area contributed by atoms with Gasteiger partial charge in [-0.3, -0.25) is 0 Å². The summed E-state index contributed by atoms with van der Waals surface area (Å²) < 4.78 is 44.0. The molecule has 93 valence electrons. The molecular formula is C11H9ClF3O2. The van der Waals surface area contributed by atoms with E-state index in [2.05, 4.69) is 16.6 Å². The fourth-order valence-electron chi connectivity index (χ4n) is 1.08. The molecule has 1 radical (unpaired) electrons. The molecule has 0 aromatic heterocycles. The van der Waals surface area contributed by atoms with Crippen molar-refractivity contribution in [3.05, 3.63) is 42.0 Å². The molecule has 0 spiro atoms. The Morgan fingerprint density at radius 3 is 2.59 bits per heavy atom. The third-order valence-electron chi connectivity index (χ3n) is 1.72. The summed E-state index contributed by atoms with van der Waals surface area (Å²) in [6, 6.07) is 3.70. The van der Waals surface area contributed by atoms with Crippen molar-refractivity contribution in [2.75, 3.05) is 6.61 Å². The second-order valence-corrected chi connectivity index (χ2v) is 3.41. The van der Waals surface area contributed by atoms with Gasteiger partial charge in [-0.2, -0.15) is 0 Å². The first-order valence-electron chi connectivity index (χ1n) is 4.51. The average Bonchev–Trinajstić information content (AvgIpc) is 2.19. The Bertz CT molecular complexity index is 402. The second-order valence-electron chi connectivity index (χ2n) is 3.00. The Morgan fingerprint density at radius 1 is 1.35 bits per heavy atom. The van der Waals surface area contributed by atoms with Gasteiger partial charge < -0.3 is 9.47 Å². The molecule has 0 aliphatic heterocycles. The molecule has 0 fully saturated rings. The predicted octanol–water partition coefficient (Wildman–Crippen LogP) is 4.06. The Morgan fingerprint density at radius 2 is 2.06 bits per heavy atom. The lowest BCUT2D eigenvalue weighted by atomic mass is 10.2. The zero-order valence-electron chi connectivity index (χ0n) is 8.63. The summed E-state index contributed by atoms with van der Waals surface area (Å²) in [5, 5.41) is 0.159. The van der Waals surface area contributed by atoms with E-state index in [1.54, 1.807) is 12.2 Å². The first-order valence-corrected chi connectivity index (χ1v) is 4.89. The number of halogens is 4. The maximum Gasteiger partial charge on any atom is 0.573 e. The smallest absolute Gasteiger partial charge is 0.406 e. The molecular weight excluding hydrogens is 257 g/mol. The molecule has 0 aliphatic rings. The zero-order chi connectivity index (χ0) is 12.9. The Balaban J connectivity index is 2.79. The molecule has 6 heteroatoms. The molecule has 0 bridgehead atoms. The molecule has 0 saturated heterocycles. The van der Waals surface area contributed by atoms with E-state index in [0.717, 1.165) is 6.07 Å². The van der Waals surface area contributed by atoms with Gasteiger partial charge in [-0.25, -0.2) is 0 Å². The van der Waals surface area contributed by atoms with Crippen LogP contribution in [0.5, 0.6) is 5.75 Å². The van der Waals surface area contributed by atoms with Crippen LogP contribution in [0.15, 0.2) is 24.3 Å². The number of alkyl halides is 3. The third-order valence-corrected chi connectivity index (χ3v) is 2.04. The van der Waals surface area contributed by atoms with Crippen LogP contribution in [-0.2, 0) is 4.74 Å². The standard InChI is InChI=1S/C11H9ClF3O2/c1-16-6-2-3-8-4-5-9(7-10(8)12)17-11(13,14)15/h2-5,7H,1,6H2. The molecule has 0 atom stereocenters. The normalized spacial score (nSPS) is 12.1. The molecule has 0 amide bonds. The third kappa shape index (κ3) is 5.10. The van der Waals surface area contributed by atoms with Gasteiger partial charge in [0.1, 0.15) is 5.75 Å². The summed E-state index contributed by atoms with van der Waals surface area (Å²) >= 11 is 5.78. The molecule has 0 heterocycles. The highest BCUT2D eigenvalue weighted by Crippen LogP contribution is 2.28. The van der Waals surface area contributed by atoms with Crippen LogP contribution >= 0.6 is 11.6 Å². The van der Waals surface area contributed by atoms with Crippen LogP contribution in [-0.4, -0.2) is 13.0 Å². The van der Waals surface area contributed by atoms with Crippen LogP contribution < -0.4 is 4.74 Å². The number of hydrogen-bond donors (Lipinski definition) is 0. The van der Waals surface area contributed by atoms with Gasteiger partial charge in [0.25, 0.3) is 0 Å². The Labute approximate surface area is 102 Å². The average molecular weight is 266 g/mol. The van der Waals surface area contributed by atoms with E-state index in [4.69, 9.17) is 11.6 Å². The first kappa shape index (κ1) is 13.9. The molecule has 0 unspecified atom stereocenters. The molecule has 0 aliphatic carbocycles. The highest BCUT2D eigenvalue weighted by Gasteiger charge is 2.31. The molecule has 17 heavy (non-hydrogen) atoms. The van der Waals surface area contributed by atoms with Crippen molar-refractivity contribution in [3.8, 4) is 5.75 Å². The molecule has 2 nitrogen and oxygen atoms in total.